The number of halogens is 1. The predicted molar refractivity (Wildman–Crippen MR) is 114 cm³/mol. The lowest BCUT2D eigenvalue weighted by molar-refractivity contribution is -0.121. The summed E-state index contributed by atoms with van der Waals surface area (Å²) in [7, 11) is -2.39. The molecular formula is C21H21ClN2O4S. The summed E-state index contributed by atoms with van der Waals surface area (Å²) in [5, 5.41) is 5.04. The van der Waals surface area contributed by atoms with E-state index >= 15 is 0 Å². The fourth-order valence-corrected chi connectivity index (χ4v) is 4.03. The third-order valence-corrected chi connectivity index (χ3v) is 6.35. The molecule has 1 amide bonds. The Labute approximate surface area is 175 Å². The molecule has 0 aliphatic carbocycles. The Morgan fingerprint density at radius 1 is 1.03 bits per heavy atom. The van der Waals surface area contributed by atoms with Gasteiger partial charge in [0, 0.05) is 12.1 Å². The highest BCUT2D eigenvalue weighted by Gasteiger charge is 2.23. The smallest absolute Gasteiger partial charge is 0.243 e. The molecule has 0 fully saturated rings. The molecule has 8 heteroatoms. The molecule has 1 N–H and O–H groups in total. The average Bonchev–Trinajstić information content (AvgIpc) is 2.72. The minimum atomic E-state index is -3.77. The van der Waals surface area contributed by atoms with E-state index in [9.17, 15) is 13.2 Å². The lowest BCUT2D eigenvalue weighted by Crippen LogP contribution is -2.39. The van der Waals surface area contributed by atoms with E-state index in [0.717, 1.165) is 15.1 Å². The normalized spacial score (nSPS) is 11.6. The van der Waals surface area contributed by atoms with Gasteiger partial charge >= 0.3 is 0 Å². The number of hydrogen-bond donors (Lipinski definition) is 1. The lowest BCUT2D eigenvalue weighted by atomic mass is 10.1. The van der Waals surface area contributed by atoms with Gasteiger partial charge in [0.05, 0.1) is 18.0 Å². The van der Waals surface area contributed by atoms with Crippen LogP contribution in [0.15, 0.2) is 71.6 Å². The first-order chi connectivity index (χ1) is 13.9. The summed E-state index contributed by atoms with van der Waals surface area (Å²) in [5.74, 6) is 0.233. The molecule has 0 aromatic heterocycles. The van der Waals surface area contributed by atoms with Crippen molar-refractivity contribution in [3.63, 3.8) is 0 Å². The highest BCUT2D eigenvalue weighted by atomic mass is 35.5. The summed E-state index contributed by atoms with van der Waals surface area (Å²) in [6.45, 7) is 0.232. The van der Waals surface area contributed by atoms with Crippen LogP contribution in [0.25, 0.3) is 10.8 Å². The number of rotatable bonds is 8. The van der Waals surface area contributed by atoms with Crippen LogP contribution in [0.3, 0.4) is 0 Å². The van der Waals surface area contributed by atoms with Gasteiger partial charge in [0.1, 0.15) is 12.4 Å². The number of sulfonamides is 1. The summed E-state index contributed by atoms with van der Waals surface area (Å²) in [4.78, 5) is 12.3. The molecule has 0 aliphatic rings. The standard InChI is InChI=1S/C21H21ClN2O4S/c1-24(15-21(25)23-12-13-28-19-9-7-18(22)8-10-19)29(26,27)20-11-6-16-4-2-3-5-17(16)14-20/h2-11,14H,12-13,15H2,1H3,(H,23,25). The monoisotopic (exact) mass is 432 g/mol. The molecule has 6 nitrogen and oxygen atoms in total. The number of fused-ring (bicyclic) bond motifs is 1. The van der Waals surface area contributed by atoms with E-state index in [1.54, 1.807) is 42.5 Å². The summed E-state index contributed by atoms with van der Waals surface area (Å²) < 4.78 is 32.1. The molecular weight excluding hydrogens is 412 g/mol. The van der Waals surface area contributed by atoms with Crippen molar-refractivity contribution in [1.29, 1.82) is 0 Å². The molecule has 0 spiro atoms. The van der Waals surface area contributed by atoms with Crippen molar-refractivity contribution in [1.82, 2.24) is 9.62 Å². The zero-order chi connectivity index (χ0) is 20.9. The highest BCUT2D eigenvalue weighted by molar-refractivity contribution is 7.89. The van der Waals surface area contributed by atoms with Crippen molar-refractivity contribution >= 4 is 38.3 Å². The maximum Gasteiger partial charge on any atom is 0.243 e. The van der Waals surface area contributed by atoms with E-state index < -0.39 is 15.9 Å². The van der Waals surface area contributed by atoms with E-state index in [2.05, 4.69) is 5.32 Å². The molecule has 0 aliphatic heterocycles. The molecule has 3 rings (SSSR count). The van der Waals surface area contributed by atoms with Crippen molar-refractivity contribution in [2.24, 2.45) is 0 Å². The Morgan fingerprint density at radius 3 is 2.45 bits per heavy atom. The molecule has 152 valence electrons. The number of likely N-dealkylation sites (N-methyl/N-ethyl adjacent to an activating group) is 1. The Balaban J connectivity index is 1.52. The van der Waals surface area contributed by atoms with Crippen LogP contribution in [-0.4, -0.2) is 45.4 Å². The second-order valence-corrected chi connectivity index (χ2v) is 8.90. The van der Waals surface area contributed by atoms with Gasteiger partial charge in [-0.3, -0.25) is 4.79 Å². The number of nitrogens with zero attached hydrogens (tertiary/aromatic N) is 1. The highest BCUT2D eigenvalue weighted by Crippen LogP contribution is 2.21. The molecule has 0 saturated carbocycles. The van der Waals surface area contributed by atoms with Gasteiger partial charge in [0.2, 0.25) is 15.9 Å². The summed E-state index contributed by atoms with van der Waals surface area (Å²) in [5.41, 5.74) is 0. The van der Waals surface area contributed by atoms with E-state index in [1.807, 2.05) is 24.3 Å². The maximum absolute atomic E-state index is 12.8. The Morgan fingerprint density at radius 2 is 1.72 bits per heavy atom. The van der Waals surface area contributed by atoms with E-state index in [-0.39, 0.29) is 24.6 Å². The first-order valence-corrected chi connectivity index (χ1v) is 10.8. The fraction of sp³-hybridized carbons (Fsp3) is 0.190. The number of ether oxygens (including phenoxy) is 1. The first-order valence-electron chi connectivity index (χ1n) is 8.96. The van der Waals surface area contributed by atoms with Crippen molar-refractivity contribution in [2.45, 2.75) is 4.90 Å². The predicted octanol–water partition coefficient (Wildman–Crippen LogP) is 3.31. The van der Waals surface area contributed by atoms with Gasteiger partial charge in [-0.15, -0.1) is 0 Å². The van der Waals surface area contributed by atoms with Gasteiger partial charge in [0.15, 0.2) is 0 Å². The number of carbonyl (C=O) groups is 1. The van der Waals surface area contributed by atoms with E-state index in [4.69, 9.17) is 16.3 Å². The molecule has 0 unspecified atom stereocenters. The summed E-state index contributed by atoms with van der Waals surface area (Å²) in [6.07, 6.45) is 0. The molecule has 0 radical (unpaired) electrons. The second-order valence-electron chi connectivity index (χ2n) is 6.42. The van der Waals surface area contributed by atoms with Gasteiger partial charge in [0.25, 0.3) is 0 Å². The lowest BCUT2D eigenvalue weighted by Gasteiger charge is -2.17. The zero-order valence-electron chi connectivity index (χ0n) is 15.8. The van der Waals surface area contributed by atoms with Crippen LogP contribution in [0.4, 0.5) is 0 Å². The molecule has 29 heavy (non-hydrogen) atoms. The Kier molecular flexibility index (Phi) is 6.74. The van der Waals surface area contributed by atoms with Crippen LogP contribution in [0, 0.1) is 0 Å². The molecule has 0 bridgehead atoms. The zero-order valence-corrected chi connectivity index (χ0v) is 17.4. The number of amides is 1. The quantitative estimate of drug-likeness (QED) is 0.554. The number of hydrogen-bond acceptors (Lipinski definition) is 4. The minimum Gasteiger partial charge on any atom is -0.492 e. The number of benzene rings is 3. The fourth-order valence-electron chi connectivity index (χ4n) is 2.74. The van der Waals surface area contributed by atoms with Crippen LogP contribution in [0.5, 0.6) is 5.75 Å². The van der Waals surface area contributed by atoms with E-state index in [0.29, 0.717) is 10.8 Å². The van der Waals surface area contributed by atoms with Gasteiger partial charge in [-0.25, -0.2) is 8.42 Å². The number of nitrogens with one attached hydrogen (secondary N) is 1. The van der Waals surface area contributed by atoms with Crippen LogP contribution in [-0.2, 0) is 14.8 Å². The molecule has 0 heterocycles. The first kappa shape index (κ1) is 21.1. The van der Waals surface area contributed by atoms with Gasteiger partial charge in [-0.05, 0) is 47.2 Å². The number of carbonyl (C=O) groups excluding carboxylic acids is 1. The largest absolute Gasteiger partial charge is 0.492 e. The minimum absolute atomic E-state index is 0.151. The Hall–Kier alpha value is -2.61. The van der Waals surface area contributed by atoms with E-state index in [1.165, 1.54) is 7.05 Å². The third-order valence-electron chi connectivity index (χ3n) is 4.30. The van der Waals surface area contributed by atoms with Crippen molar-refractivity contribution in [3.05, 3.63) is 71.8 Å². The molecule has 0 saturated heterocycles. The van der Waals surface area contributed by atoms with Crippen molar-refractivity contribution in [2.75, 3.05) is 26.7 Å². The van der Waals surface area contributed by atoms with Crippen molar-refractivity contribution in [3.8, 4) is 5.75 Å². The topological polar surface area (TPSA) is 75.7 Å². The average molecular weight is 433 g/mol. The molecule has 3 aromatic rings. The summed E-state index contributed by atoms with van der Waals surface area (Å²) in [6, 6.07) is 19.3. The van der Waals surface area contributed by atoms with Crippen LogP contribution in [0.2, 0.25) is 5.02 Å². The van der Waals surface area contributed by atoms with Gasteiger partial charge < -0.3 is 10.1 Å². The Bertz CT molecular complexity index is 1100. The van der Waals surface area contributed by atoms with Crippen molar-refractivity contribution < 1.29 is 17.9 Å². The second kappa shape index (κ2) is 9.26. The summed E-state index contributed by atoms with van der Waals surface area (Å²) >= 11 is 5.81. The maximum atomic E-state index is 12.8. The third kappa shape index (κ3) is 5.47. The van der Waals surface area contributed by atoms with Crippen LogP contribution < -0.4 is 10.1 Å². The van der Waals surface area contributed by atoms with Crippen LogP contribution >= 0.6 is 11.6 Å². The van der Waals surface area contributed by atoms with Gasteiger partial charge in [-0.2, -0.15) is 4.31 Å². The molecule has 0 atom stereocenters. The van der Waals surface area contributed by atoms with Gasteiger partial charge in [-0.1, -0.05) is 41.9 Å². The SMILES string of the molecule is CN(CC(=O)NCCOc1ccc(Cl)cc1)S(=O)(=O)c1ccc2ccccc2c1. The van der Waals surface area contributed by atoms with Crippen LogP contribution in [0.1, 0.15) is 0 Å². The molecule has 3 aromatic carbocycles.